The average Bonchev–Trinajstić information content (AvgIpc) is 3.45. The number of carbonyl (C=O) groups is 2. The minimum Gasteiger partial charge on any atom is -0.439 e. The van der Waals surface area contributed by atoms with Crippen molar-refractivity contribution < 1.29 is 14.3 Å². The normalized spacial score (nSPS) is 29.1. The molecule has 1 saturated carbocycles. The minimum atomic E-state index is -0.237. The summed E-state index contributed by atoms with van der Waals surface area (Å²) in [6, 6.07) is 12.8. The van der Waals surface area contributed by atoms with E-state index < -0.39 is 0 Å². The maximum absolute atomic E-state index is 13.5. The van der Waals surface area contributed by atoms with Gasteiger partial charge in [0.15, 0.2) is 0 Å². The molecular formula is C26H30N6O3S. The molecule has 3 aliphatic heterocycles. The summed E-state index contributed by atoms with van der Waals surface area (Å²) in [6.07, 6.45) is 3.62. The predicted molar refractivity (Wildman–Crippen MR) is 139 cm³/mol. The van der Waals surface area contributed by atoms with Gasteiger partial charge in [-0.3, -0.25) is 9.69 Å². The molecule has 1 aliphatic carbocycles. The standard InChI is InChI=1S/C26H30N6O3S/c1-14-18(10-11-20(29-14)35-15-6-3-2-4-7-15)32-19-12-13-28-25-21(19)22(31-26(32)34)23(36-25)24(33)30-17-9-5-8-16(17)27/h2-4,6-7,10-11,16-17,19,21,25,28H,5,8-9,12-13,27H2,1H3,(H,30,33)(H,31,34)/t16-,17+,19?,21?,25?/m0/s1. The molecule has 4 aliphatic rings. The van der Waals surface area contributed by atoms with Crippen molar-refractivity contribution in [2.75, 3.05) is 11.4 Å². The Morgan fingerprint density at radius 2 is 2.03 bits per heavy atom. The van der Waals surface area contributed by atoms with Gasteiger partial charge >= 0.3 is 6.03 Å². The van der Waals surface area contributed by atoms with Crippen molar-refractivity contribution in [2.45, 2.75) is 56.1 Å². The molecule has 188 valence electrons. The maximum atomic E-state index is 13.5. The van der Waals surface area contributed by atoms with Crippen molar-refractivity contribution in [1.29, 1.82) is 0 Å². The van der Waals surface area contributed by atoms with Crippen molar-refractivity contribution in [3.63, 3.8) is 0 Å². The Kier molecular flexibility index (Phi) is 6.10. The van der Waals surface area contributed by atoms with E-state index in [9.17, 15) is 9.59 Å². The second kappa shape index (κ2) is 9.42. The van der Waals surface area contributed by atoms with Gasteiger partial charge in [-0.05, 0) is 57.4 Å². The molecule has 5 atom stereocenters. The van der Waals surface area contributed by atoms with Gasteiger partial charge in [0.1, 0.15) is 5.75 Å². The van der Waals surface area contributed by atoms with Crippen LogP contribution in [-0.2, 0) is 4.79 Å². The van der Waals surface area contributed by atoms with Crippen molar-refractivity contribution in [1.82, 2.24) is 20.9 Å². The fraction of sp³-hybridized carbons (Fsp3) is 0.423. The van der Waals surface area contributed by atoms with E-state index in [0.717, 1.165) is 43.6 Å². The summed E-state index contributed by atoms with van der Waals surface area (Å²) in [6.45, 7) is 2.65. The highest BCUT2D eigenvalue weighted by Crippen LogP contribution is 2.48. The van der Waals surface area contributed by atoms with E-state index in [4.69, 9.17) is 10.5 Å². The number of benzene rings is 1. The topological polar surface area (TPSA) is 122 Å². The molecule has 0 bridgehead atoms. The van der Waals surface area contributed by atoms with Crippen LogP contribution in [0.4, 0.5) is 10.5 Å². The molecule has 10 heteroatoms. The molecule has 5 N–H and O–H groups in total. The van der Waals surface area contributed by atoms with Crippen LogP contribution in [0, 0.1) is 12.8 Å². The number of carbonyl (C=O) groups excluding carboxylic acids is 2. The first-order chi connectivity index (χ1) is 17.5. The lowest BCUT2D eigenvalue weighted by molar-refractivity contribution is -0.117. The van der Waals surface area contributed by atoms with Crippen LogP contribution in [0.3, 0.4) is 0 Å². The number of ether oxygens (including phenoxy) is 1. The predicted octanol–water partition coefficient (Wildman–Crippen LogP) is 2.97. The molecule has 3 unspecified atom stereocenters. The van der Waals surface area contributed by atoms with Gasteiger partial charge in [0.2, 0.25) is 5.88 Å². The number of nitrogens with two attached hydrogens (primary N) is 1. The Morgan fingerprint density at radius 1 is 1.19 bits per heavy atom. The zero-order valence-electron chi connectivity index (χ0n) is 20.1. The van der Waals surface area contributed by atoms with Crippen LogP contribution in [0.25, 0.3) is 0 Å². The fourth-order valence-electron chi connectivity index (χ4n) is 5.76. The number of anilines is 1. The molecule has 4 heterocycles. The largest absolute Gasteiger partial charge is 0.439 e. The zero-order valence-corrected chi connectivity index (χ0v) is 20.9. The SMILES string of the molecule is Cc1nc(Oc2ccccc2)ccc1N1C(=O)NC2=C(C(=O)N[C@@H]3CCC[C@@H]3N)SC3NCCC1C23. The molecular weight excluding hydrogens is 476 g/mol. The van der Waals surface area contributed by atoms with Gasteiger partial charge in [-0.2, -0.15) is 0 Å². The molecule has 36 heavy (non-hydrogen) atoms. The van der Waals surface area contributed by atoms with E-state index in [1.165, 1.54) is 11.8 Å². The molecule has 0 radical (unpaired) electrons. The second-order valence-corrected chi connectivity index (χ2v) is 10.9. The summed E-state index contributed by atoms with van der Waals surface area (Å²) in [5, 5.41) is 9.74. The van der Waals surface area contributed by atoms with Gasteiger partial charge < -0.3 is 26.4 Å². The first-order valence-corrected chi connectivity index (χ1v) is 13.4. The van der Waals surface area contributed by atoms with Crippen LogP contribution in [-0.4, -0.2) is 47.0 Å². The Balaban J connectivity index is 1.26. The third-order valence-electron chi connectivity index (χ3n) is 7.49. The Hall–Kier alpha value is -3.08. The van der Waals surface area contributed by atoms with Crippen molar-refractivity contribution in [3.05, 3.63) is 58.8 Å². The Labute approximate surface area is 214 Å². The Bertz CT molecular complexity index is 1220. The van der Waals surface area contributed by atoms with Crippen molar-refractivity contribution >= 4 is 29.4 Å². The number of nitrogens with one attached hydrogen (secondary N) is 3. The van der Waals surface area contributed by atoms with Gasteiger partial charge in [-0.1, -0.05) is 30.0 Å². The number of piperidine rings is 1. The van der Waals surface area contributed by atoms with E-state index in [-0.39, 0.29) is 41.4 Å². The number of rotatable bonds is 5. The zero-order chi connectivity index (χ0) is 24.8. The number of hydrogen-bond acceptors (Lipinski definition) is 7. The molecule has 2 aromatic rings. The summed E-state index contributed by atoms with van der Waals surface area (Å²) in [5.74, 6) is 1.03. The van der Waals surface area contributed by atoms with Crippen molar-refractivity contribution in [2.24, 2.45) is 11.7 Å². The lowest BCUT2D eigenvalue weighted by atomic mass is 9.86. The van der Waals surface area contributed by atoms with Crippen molar-refractivity contribution in [3.8, 4) is 11.6 Å². The smallest absolute Gasteiger partial charge is 0.326 e. The van der Waals surface area contributed by atoms with Crippen LogP contribution < -0.4 is 31.3 Å². The highest BCUT2D eigenvalue weighted by atomic mass is 32.2. The van der Waals surface area contributed by atoms with Crippen LogP contribution in [0.1, 0.15) is 31.4 Å². The first-order valence-electron chi connectivity index (χ1n) is 12.5. The second-order valence-electron chi connectivity index (χ2n) is 9.76. The van der Waals surface area contributed by atoms with Crippen LogP contribution in [0.15, 0.2) is 53.1 Å². The minimum absolute atomic E-state index is 0.0140. The molecule has 9 nitrogen and oxygen atoms in total. The summed E-state index contributed by atoms with van der Waals surface area (Å²) in [4.78, 5) is 33.7. The Morgan fingerprint density at radius 3 is 2.78 bits per heavy atom. The average molecular weight is 507 g/mol. The molecule has 6 rings (SSSR count). The van der Waals surface area contributed by atoms with Gasteiger partial charge in [0.25, 0.3) is 5.91 Å². The molecule has 2 saturated heterocycles. The van der Waals surface area contributed by atoms with E-state index in [0.29, 0.717) is 22.2 Å². The number of aromatic nitrogens is 1. The summed E-state index contributed by atoms with van der Waals surface area (Å²) >= 11 is 1.51. The highest BCUT2D eigenvalue weighted by Gasteiger charge is 2.52. The molecule has 3 fully saturated rings. The lowest BCUT2D eigenvalue weighted by Gasteiger charge is -2.46. The molecule has 0 spiro atoms. The monoisotopic (exact) mass is 506 g/mol. The summed E-state index contributed by atoms with van der Waals surface area (Å²) in [7, 11) is 0. The first kappa shape index (κ1) is 23.3. The fourth-order valence-corrected chi connectivity index (χ4v) is 7.15. The quantitative estimate of drug-likeness (QED) is 0.492. The van der Waals surface area contributed by atoms with Gasteiger partial charge in [0.05, 0.1) is 27.7 Å². The lowest BCUT2D eigenvalue weighted by Crippen LogP contribution is -2.62. The number of thioether (sulfide) groups is 1. The third kappa shape index (κ3) is 4.12. The number of urea groups is 1. The summed E-state index contributed by atoms with van der Waals surface area (Å²) < 4.78 is 5.88. The van der Waals surface area contributed by atoms with E-state index in [2.05, 4.69) is 20.9 Å². The van der Waals surface area contributed by atoms with Crippen LogP contribution in [0.5, 0.6) is 11.6 Å². The highest BCUT2D eigenvalue weighted by molar-refractivity contribution is 8.04. The number of amides is 3. The number of nitrogens with zero attached hydrogens (tertiary/aromatic N) is 2. The van der Waals surface area contributed by atoms with E-state index in [1.807, 2.05) is 48.2 Å². The van der Waals surface area contributed by atoms with Gasteiger partial charge in [0, 0.05) is 29.8 Å². The summed E-state index contributed by atoms with van der Waals surface area (Å²) in [5.41, 5.74) is 8.35. The third-order valence-corrected chi connectivity index (χ3v) is 8.85. The number of hydrogen-bond donors (Lipinski definition) is 4. The maximum Gasteiger partial charge on any atom is 0.326 e. The number of pyridine rings is 1. The van der Waals surface area contributed by atoms with Gasteiger partial charge in [-0.25, -0.2) is 9.78 Å². The molecule has 3 amide bonds. The molecule has 1 aromatic heterocycles. The number of aryl methyl sites for hydroxylation is 1. The van der Waals surface area contributed by atoms with Crippen LogP contribution in [0.2, 0.25) is 0 Å². The van der Waals surface area contributed by atoms with Crippen LogP contribution >= 0.6 is 11.8 Å². The number of para-hydroxylation sites is 1. The van der Waals surface area contributed by atoms with E-state index in [1.54, 1.807) is 6.07 Å². The van der Waals surface area contributed by atoms with E-state index >= 15 is 0 Å². The van der Waals surface area contributed by atoms with Gasteiger partial charge in [-0.15, -0.1) is 0 Å². The molecule has 1 aromatic carbocycles.